The van der Waals surface area contributed by atoms with Gasteiger partial charge in [0.25, 0.3) is 0 Å². The van der Waals surface area contributed by atoms with Crippen LogP contribution in [0.1, 0.15) is 15.9 Å². The lowest BCUT2D eigenvalue weighted by atomic mass is 10.0. The minimum absolute atomic E-state index is 0.199. The maximum atomic E-state index is 12.8. The lowest BCUT2D eigenvalue weighted by Gasteiger charge is -2.14. The molecule has 0 fully saturated rings. The van der Waals surface area contributed by atoms with Gasteiger partial charge in [-0.15, -0.1) is 0 Å². The molecule has 128 valence electrons. The Labute approximate surface area is 140 Å². The third kappa shape index (κ3) is 3.22. The zero-order chi connectivity index (χ0) is 17.7. The maximum Gasteiger partial charge on any atom is 0.203 e. The Bertz CT molecular complexity index is 713. The maximum absolute atomic E-state index is 12.8. The molecule has 6 nitrogen and oxygen atoms in total. The first-order valence-electron chi connectivity index (χ1n) is 7.16. The van der Waals surface area contributed by atoms with E-state index in [9.17, 15) is 4.79 Å². The number of hydrogen-bond acceptors (Lipinski definition) is 6. The van der Waals surface area contributed by atoms with Crippen molar-refractivity contribution in [1.82, 2.24) is 0 Å². The molecular formula is C18H20O6. The summed E-state index contributed by atoms with van der Waals surface area (Å²) in [6.07, 6.45) is 0. The normalized spacial score (nSPS) is 10.0. The third-order valence-electron chi connectivity index (χ3n) is 3.57. The van der Waals surface area contributed by atoms with Crippen LogP contribution in [0.3, 0.4) is 0 Å². The molecule has 2 rings (SSSR count). The van der Waals surface area contributed by atoms with E-state index in [0.29, 0.717) is 39.9 Å². The van der Waals surface area contributed by atoms with E-state index in [4.69, 9.17) is 23.7 Å². The van der Waals surface area contributed by atoms with Gasteiger partial charge in [-0.25, -0.2) is 0 Å². The van der Waals surface area contributed by atoms with E-state index in [1.807, 2.05) is 0 Å². The molecule has 0 aliphatic rings. The lowest BCUT2D eigenvalue weighted by molar-refractivity contribution is 0.103. The summed E-state index contributed by atoms with van der Waals surface area (Å²) in [5.74, 6) is 2.11. The fourth-order valence-electron chi connectivity index (χ4n) is 2.36. The average Bonchev–Trinajstić information content (AvgIpc) is 2.65. The van der Waals surface area contributed by atoms with E-state index in [-0.39, 0.29) is 5.78 Å². The summed E-state index contributed by atoms with van der Waals surface area (Å²) >= 11 is 0. The van der Waals surface area contributed by atoms with Crippen molar-refractivity contribution in [3.05, 3.63) is 41.5 Å². The summed E-state index contributed by atoms with van der Waals surface area (Å²) in [6, 6.07) is 8.21. The summed E-state index contributed by atoms with van der Waals surface area (Å²) in [5, 5.41) is 0. The van der Waals surface area contributed by atoms with Gasteiger partial charge >= 0.3 is 0 Å². The van der Waals surface area contributed by atoms with Crippen molar-refractivity contribution in [1.29, 1.82) is 0 Å². The second kappa shape index (κ2) is 7.59. The number of carbonyl (C=O) groups excluding carboxylic acids is 1. The number of ketones is 1. The Morgan fingerprint density at radius 1 is 0.625 bits per heavy atom. The Morgan fingerprint density at radius 2 is 1.12 bits per heavy atom. The monoisotopic (exact) mass is 332 g/mol. The molecule has 0 bridgehead atoms. The first kappa shape index (κ1) is 17.5. The van der Waals surface area contributed by atoms with Gasteiger partial charge in [-0.1, -0.05) is 0 Å². The standard InChI is InChI=1S/C18H20O6/c1-20-13-7-6-11(8-14(13)21-2)17(19)12-9-15(22-3)18(24-5)16(10-12)23-4/h6-10H,1-5H3. The molecule has 0 unspecified atom stereocenters. The van der Waals surface area contributed by atoms with E-state index in [1.54, 1.807) is 37.4 Å². The van der Waals surface area contributed by atoms with Gasteiger partial charge in [0.05, 0.1) is 35.5 Å². The Kier molecular flexibility index (Phi) is 5.52. The highest BCUT2D eigenvalue weighted by Gasteiger charge is 2.19. The zero-order valence-corrected chi connectivity index (χ0v) is 14.3. The molecule has 0 aliphatic carbocycles. The van der Waals surface area contributed by atoms with Gasteiger partial charge in [0.1, 0.15) is 0 Å². The second-order valence-electron chi connectivity index (χ2n) is 4.81. The molecule has 6 heteroatoms. The summed E-state index contributed by atoms with van der Waals surface area (Å²) in [5.41, 5.74) is 0.874. The molecule has 0 N–H and O–H groups in total. The van der Waals surface area contributed by atoms with Crippen molar-refractivity contribution >= 4 is 5.78 Å². The SMILES string of the molecule is COc1ccc(C(=O)c2cc(OC)c(OC)c(OC)c2)cc1OC. The quantitative estimate of drug-likeness (QED) is 0.727. The van der Waals surface area contributed by atoms with Crippen LogP contribution in [0.25, 0.3) is 0 Å². The van der Waals surface area contributed by atoms with Crippen LogP contribution in [0.15, 0.2) is 30.3 Å². The minimum Gasteiger partial charge on any atom is -0.493 e. The molecule has 0 saturated heterocycles. The van der Waals surface area contributed by atoms with E-state index in [2.05, 4.69) is 0 Å². The van der Waals surface area contributed by atoms with Gasteiger partial charge in [-0.2, -0.15) is 0 Å². The molecule has 0 atom stereocenters. The molecular weight excluding hydrogens is 312 g/mol. The Hall–Kier alpha value is -2.89. The first-order valence-corrected chi connectivity index (χ1v) is 7.16. The lowest BCUT2D eigenvalue weighted by Crippen LogP contribution is -2.05. The highest BCUT2D eigenvalue weighted by Crippen LogP contribution is 2.39. The minimum atomic E-state index is -0.199. The molecule has 0 aliphatic heterocycles. The molecule has 2 aromatic carbocycles. The van der Waals surface area contributed by atoms with Gasteiger partial charge in [-0.05, 0) is 30.3 Å². The number of carbonyl (C=O) groups is 1. The summed E-state index contributed by atoms with van der Waals surface area (Å²) in [6.45, 7) is 0. The van der Waals surface area contributed by atoms with Crippen LogP contribution < -0.4 is 23.7 Å². The van der Waals surface area contributed by atoms with Crippen molar-refractivity contribution in [2.75, 3.05) is 35.5 Å². The van der Waals surface area contributed by atoms with Crippen LogP contribution in [-0.4, -0.2) is 41.3 Å². The fourth-order valence-corrected chi connectivity index (χ4v) is 2.36. The topological polar surface area (TPSA) is 63.2 Å². The van der Waals surface area contributed by atoms with Crippen molar-refractivity contribution < 1.29 is 28.5 Å². The van der Waals surface area contributed by atoms with Gasteiger partial charge in [-0.3, -0.25) is 4.79 Å². The highest BCUT2D eigenvalue weighted by atomic mass is 16.5. The van der Waals surface area contributed by atoms with Gasteiger partial charge in [0.15, 0.2) is 28.8 Å². The number of hydrogen-bond donors (Lipinski definition) is 0. The van der Waals surface area contributed by atoms with Crippen LogP contribution in [0.4, 0.5) is 0 Å². The number of rotatable bonds is 7. The largest absolute Gasteiger partial charge is 0.493 e. The molecule has 0 heterocycles. The zero-order valence-electron chi connectivity index (χ0n) is 14.3. The number of methoxy groups -OCH3 is 5. The van der Waals surface area contributed by atoms with Crippen LogP contribution >= 0.6 is 0 Å². The Balaban J connectivity index is 2.50. The fraction of sp³-hybridized carbons (Fsp3) is 0.278. The van der Waals surface area contributed by atoms with E-state index in [0.717, 1.165) is 0 Å². The van der Waals surface area contributed by atoms with Crippen LogP contribution in [0, 0.1) is 0 Å². The molecule has 0 aromatic heterocycles. The van der Waals surface area contributed by atoms with Crippen molar-refractivity contribution in [3.8, 4) is 28.7 Å². The first-order chi connectivity index (χ1) is 11.6. The third-order valence-corrected chi connectivity index (χ3v) is 3.57. The highest BCUT2D eigenvalue weighted by molar-refractivity contribution is 6.10. The van der Waals surface area contributed by atoms with Crippen molar-refractivity contribution in [2.45, 2.75) is 0 Å². The molecule has 2 aromatic rings. The van der Waals surface area contributed by atoms with E-state index >= 15 is 0 Å². The molecule has 24 heavy (non-hydrogen) atoms. The Morgan fingerprint density at radius 3 is 1.58 bits per heavy atom. The molecule has 0 spiro atoms. The van der Waals surface area contributed by atoms with Crippen molar-refractivity contribution in [2.24, 2.45) is 0 Å². The van der Waals surface area contributed by atoms with Crippen LogP contribution in [0.2, 0.25) is 0 Å². The predicted molar refractivity (Wildman–Crippen MR) is 89.1 cm³/mol. The van der Waals surface area contributed by atoms with Gasteiger partial charge in [0, 0.05) is 11.1 Å². The van der Waals surface area contributed by atoms with Crippen LogP contribution in [0.5, 0.6) is 28.7 Å². The van der Waals surface area contributed by atoms with E-state index in [1.165, 1.54) is 28.4 Å². The summed E-state index contributed by atoms with van der Waals surface area (Å²) in [7, 11) is 7.57. The summed E-state index contributed by atoms with van der Waals surface area (Å²) < 4.78 is 26.3. The smallest absolute Gasteiger partial charge is 0.203 e. The number of benzene rings is 2. The molecule has 0 amide bonds. The van der Waals surface area contributed by atoms with Crippen molar-refractivity contribution in [3.63, 3.8) is 0 Å². The van der Waals surface area contributed by atoms with E-state index < -0.39 is 0 Å². The van der Waals surface area contributed by atoms with Gasteiger partial charge < -0.3 is 23.7 Å². The molecule has 0 saturated carbocycles. The van der Waals surface area contributed by atoms with Gasteiger partial charge in [0.2, 0.25) is 5.75 Å². The average molecular weight is 332 g/mol. The summed E-state index contributed by atoms with van der Waals surface area (Å²) in [4.78, 5) is 12.8. The second-order valence-corrected chi connectivity index (χ2v) is 4.81. The molecule has 0 radical (unpaired) electrons. The number of ether oxygens (including phenoxy) is 5. The predicted octanol–water partition coefficient (Wildman–Crippen LogP) is 2.96. The van der Waals surface area contributed by atoms with Crippen LogP contribution in [-0.2, 0) is 0 Å².